The highest BCUT2D eigenvalue weighted by molar-refractivity contribution is 14.1. The van der Waals surface area contributed by atoms with E-state index in [9.17, 15) is 0 Å². The number of hydrogen-bond donors (Lipinski definition) is 1. The van der Waals surface area contributed by atoms with Crippen LogP contribution in [0.15, 0.2) is 46.9 Å². The van der Waals surface area contributed by atoms with Crippen LogP contribution in [0.25, 0.3) is 11.0 Å². The Morgan fingerprint density at radius 2 is 2.00 bits per heavy atom. The van der Waals surface area contributed by atoms with Crippen molar-refractivity contribution in [3.05, 3.63) is 62.4 Å². The van der Waals surface area contributed by atoms with Crippen molar-refractivity contribution < 1.29 is 4.42 Å². The minimum Gasteiger partial charge on any atom is -0.461 e. The molecule has 1 heterocycles. The summed E-state index contributed by atoms with van der Waals surface area (Å²) in [7, 11) is 0. The molecule has 0 fully saturated rings. The molecule has 4 heteroatoms. The van der Waals surface area contributed by atoms with Crippen LogP contribution in [-0.2, 0) is 13.0 Å². The van der Waals surface area contributed by atoms with Crippen molar-refractivity contribution in [1.29, 1.82) is 0 Å². The van der Waals surface area contributed by atoms with Gasteiger partial charge < -0.3 is 9.73 Å². The molecule has 0 aliphatic heterocycles. The summed E-state index contributed by atoms with van der Waals surface area (Å²) >= 11 is 8.29. The lowest BCUT2D eigenvalue weighted by molar-refractivity contribution is 0.551. The van der Waals surface area contributed by atoms with Crippen LogP contribution >= 0.6 is 34.2 Å². The third-order valence-electron chi connectivity index (χ3n) is 3.49. The van der Waals surface area contributed by atoms with Gasteiger partial charge in [-0.15, -0.1) is 0 Å². The van der Waals surface area contributed by atoms with Gasteiger partial charge in [0.1, 0.15) is 11.3 Å². The summed E-state index contributed by atoms with van der Waals surface area (Å²) in [6.45, 7) is 2.87. The first-order chi connectivity index (χ1) is 10.2. The van der Waals surface area contributed by atoms with Crippen LogP contribution in [0, 0.1) is 3.57 Å². The number of aryl methyl sites for hydroxylation is 1. The van der Waals surface area contributed by atoms with Gasteiger partial charge in [0.05, 0.1) is 0 Å². The van der Waals surface area contributed by atoms with Crippen molar-refractivity contribution in [1.82, 2.24) is 0 Å². The van der Waals surface area contributed by atoms with Crippen LogP contribution in [0.2, 0.25) is 5.02 Å². The van der Waals surface area contributed by atoms with Gasteiger partial charge in [0.15, 0.2) is 0 Å². The predicted molar refractivity (Wildman–Crippen MR) is 97.1 cm³/mol. The third-order valence-corrected chi connectivity index (χ3v) is 4.62. The van der Waals surface area contributed by atoms with Crippen LogP contribution in [0.5, 0.6) is 0 Å². The summed E-state index contributed by atoms with van der Waals surface area (Å²) in [5, 5.41) is 5.43. The van der Waals surface area contributed by atoms with E-state index in [2.05, 4.69) is 40.9 Å². The van der Waals surface area contributed by atoms with Gasteiger partial charge in [-0.3, -0.25) is 0 Å². The molecule has 0 amide bonds. The summed E-state index contributed by atoms with van der Waals surface area (Å²) in [4.78, 5) is 0. The molecule has 0 unspecified atom stereocenters. The Labute approximate surface area is 142 Å². The average Bonchev–Trinajstić information content (AvgIpc) is 2.84. The second-order valence-corrected chi connectivity index (χ2v) is 6.43. The molecule has 0 radical (unpaired) electrons. The summed E-state index contributed by atoms with van der Waals surface area (Å²) in [6, 6.07) is 14.1. The first-order valence-corrected chi connectivity index (χ1v) is 8.33. The minimum atomic E-state index is 0.748. The molecule has 1 N–H and O–H groups in total. The van der Waals surface area contributed by atoms with E-state index in [-0.39, 0.29) is 0 Å². The number of anilines is 1. The molecule has 2 nitrogen and oxygen atoms in total. The van der Waals surface area contributed by atoms with E-state index in [4.69, 9.17) is 16.0 Å². The lowest BCUT2D eigenvalue weighted by Crippen LogP contribution is -2.02. The van der Waals surface area contributed by atoms with Gasteiger partial charge in [-0.05, 0) is 46.9 Å². The second-order valence-electron chi connectivity index (χ2n) is 4.83. The van der Waals surface area contributed by atoms with Gasteiger partial charge in [-0.1, -0.05) is 36.7 Å². The fourth-order valence-electron chi connectivity index (χ4n) is 2.45. The Hall–Kier alpha value is -1.20. The van der Waals surface area contributed by atoms with Crippen LogP contribution < -0.4 is 5.32 Å². The molecule has 3 aromatic rings. The number of nitrogens with one attached hydrogen (secondary N) is 1. The summed E-state index contributed by atoms with van der Waals surface area (Å²) < 4.78 is 7.04. The molecule has 108 valence electrons. The van der Waals surface area contributed by atoms with E-state index < -0.39 is 0 Å². The molecule has 3 rings (SSSR count). The van der Waals surface area contributed by atoms with Gasteiger partial charge in [0.2, 0.25) is 0 Å². The highest BCUT2D eigenvalue weighted by Crippen LogP contribution is 2.28. The third kappa shape index (κ3) is 3.04. The molecule has 0 saturated carbocycles. The lowest BCUT2D eigenvalue weighted by atomic mass is 10.1. The maximum Gasteiger partial charge on any atom is 0.134 e. The smallest absolute Gasteiger partial charge is 0.134 e. The van der Waals surface area contributed by atoms with Crippen molar-refractivity contribution in [2.45, 2.75) is 19.9 Å². The standard InChI is InChI=1S/C17H15ClINO/c1-2-16-13(12-5-3-4-6-17(12)21-16)10-20-15-8-7-11(18)9-14(15)19/h3-9,20H,2,10H2,1H3. The lowest BCUT2D eigenvalue weighted by Gasteiger charge is -2.09. The Kier molecular flexibility index (Phi) is 4.40. The Morgan fingerprint density at radius 1 is 1.19 bits per heavy atom. The Bertz CT molecular complexity index is 782. The van der Waals surface area contributed by atoms with E-state index in [0.29, 0.717) is 0 Å². The van der Waals surface area contributed by atoms with Crippen molar-refractivity contribution in [2.24, 2.45) is 0 Å². The number of halogens is 2. The zero-order valence-electron chi connectivity index (χ0n) is 11.6. The molecule has 0 spiro atoms. The zero-order valence-corrected chi connectivity index (χ0v) is 14.5. The molecule has 0 atom stereocenters. The van der Waals surface area contributed by atoms with Crippen molar-refractivity contribution in [2.75, 3.05) is 5.32 Å². The number of hydrogen-bond acceptors (Lipinski definition) is 2. The summed E-state index contributed by atoms with van der Waals surface area (Å²) in [5.41, 5.74) is 3.28. The molecule has 0 saturated heterocycles. The second kappa shape index (κ2) is 6.28. The Balaban J connectivity index is 1.91. The minimum absolute atomic E-state index is 0.748. The van der Waals surface area contributed by atoms with E-state index in [1.807, 2.05) is 36.4 Å². The first-order valence-electron chi connectivity index (χ1n) is 6.87. The largest absolute Gasteiger partial charge is 0.461 e. The molecule has 2 aromatic carbocycles. The maximum atomic E-state index is 5.99. The summed E-state index contributed by atoms with van der Waals surface area (Å²) in [6.07, 6.45) is 0.892. The van der Waals surface area contributed by atoms with Gasteiger partial charge in [-0.2, -0.15) is 0 Å². The zero-order chi connectivity index (χ0) is 14.8. The van der Waals surface area contributed by atoms with Crippen molar-refractivity contribution in [3.8, 4) is 0 Å². The van der Waals surface area contributed by atoms with Gasteiger partial charge in [0, 0.05) is 38.2 Å². The monoisotopic (exact) mass is 411 g/mol. The number of rotatable bonds is 4. The fraction of sp³-hybridized carbons (Fsp3) is 0.176. The molecule has 0 bridgehead atoms. The number of fused-ring (bicyclic) bond motifs is 1. The highest BCUT2D eigenvalue weighted by atomic mass is 127. The van der Waals surface area contributed by atoms with Crippen LogP contribution in [0.1, 0.15) is 18.2 Å². The molecule has 0 aliphatic rings. The topological polar surface area (TPSA) is 25.2 Å². The molecular formula is C17H15ClINO. The normalized spacial score (nSPS) is 11.0. The molecular weight excluding hydrogens is 397 g/mol. The van der Waals surface area contributed by atoms with Gasteiger partial charge in [0.25, 0.3) is 0 Å². The van der Waals surface area contributed by atoms with Crippen molar-refractivity contribution in [3.63, 3.8) is 0 Å². The van der Waals surface area contributed by atoms with Crippen molar-refractivity contribution >= 4 is 50.8 Å². The summed E-state index contributed by atoms with van der Waals surface area (Å²) in [5.74, 6) is 1.05. The fourth-order valence-corrected chi connectivity index (χ4v) is 3.51. The van der Waals surface area contributed by atoms with E-state index in [1.54, 1.807) is 0 Å². The highest BCUT2D eigenvalue weighted by Gasteiger charge is 2.12. The number of furan rings is 1. The maximum absolute atomic E-state index is 5.99. The Morgan fingerprint density at radius 3 is 2.76 bits per heavy atom. The molecule has 0 aliphatic carbocycles. The van der Waals surface area contributed by atoms with Crippen LogP contribution in [-0.4, -0.2) is 0 Å². The van der Waals surface area contributed by atoms with E-state index in [1.165, 1.54) is 10.9 Å². The quantitative estimate of drug-likeness (QED) is 0.544. The molecule has 21 heavy (non-hydrogen) atoms. The van der Waals surface area contributed by atoms with E-state index in [0.717, 1.165) is 38.6 Å². The van der Waals surface area contributed by atoms with Crippen LogP contribution in [0.4, 0.5) is 5.69 Å². The number of benzene rings is 2. The number of para-hydroxylation sites is 1. The SMILES string of the molecule is CCc1oc2ccccc2c1CNc1ccc(Cl)cc1I. The van der Waals surface area contributed by atoms with Crippen LogP contribution in [0.3, 0.4) is 0 Å². The first kappa shape index (κ1) is 14.7. The predicted octanol–water partition coefficient (Wildman–Crippen LogP) is 5.87. The van der Waals surface area contributed by atoms with E-state index >= 15 is 0 Å². The average molecular weight is 412 g/mol. The molecule has 1 aromatic heterocycles. The van der Waals surface area contributed by atoms with Gasteiger partial charge >= 0.3 is 0 Å². The van der Waals surface area contributed by atoms with Gasteiger partial charge in [-0.25, -0.2) is 0 Å².